The van der Waals surface area contributed by atoms with Crippen molar-refractivity contribution in [1.82, 2.24) is 4.98 Å². The first kappa shape index (κ1) is 15.2. The van der Waals surface area contributed by atoms with Crippen LogP contribution in [0.25, 0.3) is 0 Å². The molecule has 0 spiro atoms. The van der Waals surface area contributed by atoms with Crippen LogP contribution in [0.15, 0.2) is 36.4 Å². The Morgan fingerprint density at radius 3 is 2.43 bits per heavy atom. The van der Waals surface area contributed by atoms with Gasteiger partial charge in [-0.05, 0) is 43.2 Å². The first-order chi connectivity index (χ1) is 10.2. The minimum atomic E-state index is 0.447. The van der Waals surface area contributed by atoms with Crippen molar-refractivity contribution in [2.75, 3.05) is 13.7 Å². The van der Waals surface area contributed by atoms with Gasteiger partial charge >= 0.3 is 0 Å². The number of aryl methyl sites for hydroxylation is 1. The lowest BCUT2D eigenvalue weighted by molar-refractivity contribution is 0.252. The van der Waals surface area contributed by atoms with E-state index in [2.05, 4.69) is 11.9 Å². The Morgan fingerprint density at radius 1 is 1.00 bits per heavy atom. The number of benzene rings is 1. The molecule has 0 aliphatic rings. The van der Waals surface area contributed by atoms with Crippen LogP contribution in [-0.2, 0) is 6.61 Å². The first-order valence-electron chi connectivity index (χ1n) is 7.09. The van der Waals surface area contributed by atoms with Crippen molar-refractivity contribution < 1.29 is 14.2 Å². The van der Waals surface area contributed by atoms with Gasteiger partial charge < -0.3 is 14.2 Å². The highest BCUT2D eigenvalue weighted by molar-refractivity contribution is 5.35. The van der Waals surface area contributed by atoms with Gasteiger partial charge in [-0.25, -0.2) is 4.98 Å². The second-order valence-corrected chi connectivity index (χ2v) is 4.74. The van der Waals surface area contributed by atoms with Crippen molar-refractivity contribution in [3.05, 3.63) is 47.7 Å². The predicted molar refractivity (Wildman–Crippen MR) is 82.1 cm³/mol. The minimum absolute atomic E-state index is 0.447. The Bertz CT molecular complexity index is 567. The maximum atomic E-state index is 5.80. The average Bonchev–Trinajstić information content (AvgIpc) is 2.52. The molecule has 0 fully saturated rings. The minimum Gasteiger partial charge on any atom is -0.497 e. The Hall–Kier alpha value is -2.23. The monoisotopic (exact) mass is 287 g/mol. The number of hydrogen-bond donors (Lipinski definition) is 0. The maximum absolute atomic E-state index is 5.80. The van der Waals surface area contributed by atoms with E-state index in [-0.39, 0.29) is 0 Å². The van der Waals surface area contributed by atoms with Crippen LogP contribution in [0.1, 0.15) is 24.6 Å². The number of rotatable bonds is 7. The molecular weight excluding hydrogens is 266 g/mol. The summed E-state index contributed by atoms with van der Waals surface area (Å²) in [6.07, 6.45) is 0.950. The second kappa shape index (κ2) is 7.53. The van der Waals surface area contributed by atoms with Crippen molar-refractivity contribution in [1.29, 1.82) is 0 Å². The Balaban J connectivity index is 2.05. The van der Waals surface area contributed by atoms with E-state index < -0.39 is 0 Å². The lowest BCUT2D eigenvalue weighted by Crippen LogP contribution is -2.03. The number of methoxy groups -OCH3 is 1. The molecule has 2 aromatic rings. The molecule has 0 atom stereocenters. The van der Waals surface area contributed by atoms with Crippen LogP contribution in [-0.4, -0.2) is 18.7 Å². The molecular formula is C17H21NO3. The Kier molecular flexibility index (Phi) is 5.43. The summed E-state index contributed by atoms with van der Waals surface area (Å²) in [7, 11) is 1.65. The van der Waals surface area contributed by atoms with E-state index in [1.807, 2.05) is 43.3 Å². The summed E-state index contributed by atoms with van der Waals surface area (Å²) in [4.78, 5) is 4.40. The van der Waals surface area contributed by atoms with Gasteiger partial charge in [-0.1, -0.05) is 19.1 Å². The Morgan fingerprint density at radius 2 is 1.76 bits per heavy atom. The fourth-order valence-electron chi connectivity index (χ4n) is 1.82. The fraction of sp³-hybridized carbons (Fsp3) is 0.353. The van der Waals surface area contributed by atoms with Crippen molar-refractivity contribution >= 4 is 0 Å². The SMILES string of the molecule is CCCOc1ccc(C)nc1OCc1ccc(OC)cc1. The molecule has 1 heterocycles. The molecule has 4 heteroatoms. The van der Waals surface area contributed by atoms with Crippen molar-refractivity contribution in [3.8, 4) is 17.4 Å². The quantitative estimate of drug-likeness (QED) is 0.777. The van der Waals surface area contributed by atoms with Crippen LogP contribution < -0.4 is 14.2 Å². The maximum Gasteiger partial charge on any atom is 0.257 e. The van der Waals surface area contributed by atoms with Crippen molar-refractivity contribution in [2.45, 2.75) is 26.9 Å². The molecule has 0 unspecified atom stereocenters. The summed E-state index contributed by atoms with van der Waals surface area (Å²) in [6.45, 7) is 5.11. The van der Waals surface area contributed by atoms with Crippen LogP contribution in [0, 0.1) is 6.92 Å². The van der Waals surface area contributed by atoms with E-state index in [9.17, 15) is 0 Å². The Labute approximate surface area is 125 Å². The molecule has 0 aliphatic carbocycles. The van der Waals surface area contributed by atoms with Gasteiger partial charge in [-0.3, -0.25) is 0 Å². The third-order valence-corrected chi connectivity index (χ3v) is 2.96. The first-order valence-corrected chi connectivity index (χ1v) is 7.09. The summed E-state index contributed by atoms with van der Waals surface area (Å²) in [5.41, 5.74) is 1.96. The molecule has 0 bridgehead atoms. The number of ether oxygens (including phenoxy) is 3. The van der Waals surface area contributed by atoms with Gasteiger partial charge in [0.25, 0.3) is 5.88 Å². The third-order valence-electron chi connectivity index (χ3n) is 2.96. The van der Waals surface area contributed by atoms with E-state index in [1.54, 1.807) is 7.11 Å². The molecule has 0 saturated heterocycles. The number of nitrogens with zero attached hydrogens (tertiary/aromatic N) is 1. The highest BCUT2D eigenvalue weighted by Crippen LogP contribution is 2.26. The third kappa shape index (κ3) is 4.38. The smallest absolute Gasteiger partial charge is 0.257 e. The van der Waals surface area contributed by atoms with E-state index in [1.165, 1.54) is 0 Å². The molecule has 0 N–H and O–H groups in total. The van der Waals surface area contributed by atoms with E-state index in [4.69, 9.17) is 14.2 Å². The van der Waals surface area contributed by atoms with Gasteiger partial charge in [-0.15, -0.1) is 0 Å². The van der Waals surface area contributed by atoms with Gasteiger partial charge in [0, 0.05) is 5.69 Å². The van der Waals surface area contributed by atoms with Gasteiger partial charge in [0.1, 0.15) is 12.4 Å². The zero-order valence-corrected chi connectivity index (χ0v) is 12.8. The summed E-state index contributed by atoms with van der Waals surface area (Å²) in [5, 5.41) is 0. The summed E-state index contributed by atoms with van der Waals surface area (Å²) < 4.78 is 16.6. The van der Waals surface area contributed by atoms with Gasteiger partial charge in [0.05, 0.1) is 13.7 Å². The highest BCUT2D eigenvalue weighted by atomic mass is 16.5. The van der Waals surface area contributed by atoms with Crippen LogP contribution >= 0.6 is 0 Å². The van der Waals surface area contributed by atoms with Crippen LogP contribution in [0.4, 0.5) is 0 Å². The number of aromatic nitrogens is 1. The largest absolute Gasteiger partial charge is 0.497 e. The molecule has 4 nitrogen and oxygen atoms in total. The topological polar surface area (TPSA) is 40.6 Å². The van der Waals surface area contributed by atoms with Gasteiger partial charge in [-0.2, -0.15) is 0 Å². The number of pyridine rings is 1. The number of hydrogen-bond acceptors (Lipinski definition) is 4. The lowest BCUT2D eigenvalue weighted by atomic mass is 10.2. The summed E-state index contributed by atoms with van der Waals surface area (Å²) in [6, 6.07) is 11.6. The standard InChI is InChI=1S/C17H21NO3/c1-4-11-20-16-10-5-13(2)18-17(16)21-12-14-6-8-15(19-3)9-7-14/h5-10H,4,11-12H2,1-3H3. The van der Waals surface area contributed by atoms with Crippen molar-refractivity contribution in [2.24, 2.45) is 0 Å². The molecule has 0 amide bonds. The van der Waals surface area contributed by atoms with E-state index in [0.29, 0.717) is 24.8 Å². The fourth-order valence-corrected chi connectivity index (χ4v) is 1.82. The van der Waals surface area contributed by atoms with Gasteiger partial charge in [0.2, 0.25) is 0 Å². The molecule has 1 aromatic carbocycles. The van der Waals surface area contributed by atoms with Crippen LogP contribution in [0.5, 0.6) is 17.4 Å². The highest BCUT2D eigenvalue weighted by Gasteiger charge is 2.08. The van der Waals surface area contributed by atoms with Gasteiger partial charge in [0.15, 0.2) is 5.75 Å². The normalized spacial score (nSPS) is 10.2. The van der Waals surface area contributed by atoms with E-state index >= 15 is 0 Å². The molecule has 112 valence electrons. The zero-order chi connectivity index (χ0) is 15.1. The molecule has 0 aliphatic heterocycles. The van der Waals surface area contributed by atoms with E-state index in [0.717, 1.165) is 23.4 Å². The van der Waals surface area contributed by atoms with Crippen LogP contribution in [0.2, 0.25) is 0 Å². The molecule has 2 rings (SSSR count). The lowest BCUT2D eigenvalue weighted by Gasteiger charge is -2.12. The summed E-state index contributed by atoms with van der Waals surface area (Å²) >= 11 is 0. The molecule has 1 aromatic heterocycles. The second-order valence-electron chi connectivity index (χ2n) is 4.74. The molecule has 0 saturated carbocycles. The van der Waals surface area contributed by atoms with Crippen LogP contribution in [0.3, 0.4) is 0 Å². The van der Waals surface area contributed by atoms with Crippen molar-refractivity contribution in [3.63, 3.8) is 0 Å². The molecule has 21 heavy (non-hydrogen) atoms. The molecule has 0 radical (unpaired) electrons. The predicted octanol–water partition coefficient (Wildman–Crippen LogP) is 3.77. The summed E-state index contributed by atoms with van der Waals surface area (Å²) in [5.74, 6) is 2.06. The average molecular weight is 287 g/mol. The zero-order valence-electron chi connectivity index (χ0n) is 12.8.